The molecule has 1 aromatic carbocycles. The van der Waals surface area contributed by atoms with Crippen LogP contribution in [0.3, 0.4) is 0 Å². The fourth-order valence-electron chi connectivity index (χ4n) is 2.54. The second-order valence-electron chi connectivity index (χ2n) is 5.17. The molecule has 1 aliphatic rings. The number of aryl methyl sites for hydroxylation is 1. The number of para-hydroxylation sites is 1. The maximum atomic E-state index is 10.9. The van der Waals surface area contributed by atoms with E-state index in [2.05, 4.69) is 10.6 Å². The lowest BCUT2D eigenvalue weighted by atomic mass is 10.1. The smallest absolute Gasteiger partial charge is 0.307 e. The predicted molar refractivity (Wildman–Crippen MR) is 70.6 cm³/mol. The van der Waals surface area contributed by atoms with Crippen molar-refractivity contribution in [3.05, 3.63) is 36.0 Å². The summed E-state index contributed by atoms with van der Waals surface area (Å²) in [5.74, 6) is 0.134. The van der Waals surface area contributed by atoms with Crippen LogP contribution in [0.2, 0.25) is 0 Å². The lowest BCUT2D eigenvalue weighted by Crippen LogP contribution is -2.00. The van der Waals surface area contributed by atoms with Gasteiger partial charge in [0.2, 0.25) is 0 Å². The number of rotatable bonds is 5. The molecular weight excluding hydrogens is 226 g/mol. The van der Waals surface area contributed by atoms with Gasteiger partial charge in [-0.2, -0.15) is 0 Å². The number of carboxylic acid groups (broad SMARTS) is 1. The number of aromatic nitrogens is 1. The highest BCUT2D eigenvalue weighted by Gasteiger charge is 2.21. The van der Waals surface area contributed by atoms with Gasteiger partial charge in [-0.3, -0.25) is 4.79 Å². The zero-order valence-corrected chi connectivity index (χ0v) is 10.3. The molecule has 0 aliphatic heterocycles. The van der Waals surface area contributed by atoms with E-state index in [4.69, 9.17) is 5.11 Å². The van der Waals surface area contributed by atoms with Gasteiger partial charge in [0.25, 0.3) is 0 Å². The molecule has 1 aromatic heterocycles. The molecule has 1 fully saturated rings. The summed E-state index contributed by atoms with van der Waals surface area (Å²) in [6.45, 7) is 1.00. The number of carbonyl (C=O) groups is 1. The lowest BCUT2D eigenvalue weighted by molar-refractivity contribution is -0.136. The Morgan fingerprint density at radius 2 is 2.11 bits per heavy atom. The molecule has 18 heavy (non-hydrogen) atoms. The third-order valence-electron chi connectivity index (χ3n) is 3.69. The molecule has 1 heterocycles. The SMILES string of the molecule is O=C(O)Cc1cn(CCC2CC2)c2ccccc12. The van der Waals surface area contributed by atoms with Gasteiger partial charge in [0.05, 0.1) is 6.42 Å². The molecule has 0 radical (unpaired) electrons. The quantitative estimate of drug-likeness (QED) is 0.877. The molecule has 0 spiro atoms. The van der Waals surface area contributed by atoms with E-state index in [0.717, 1.165) is 28.9 Å². The molecule has 0 amide bonds. The van der Waals surface area contributed by atoms with Crippen LogP contribution in [-0.2, 0) is 17.8 Å². The largest absolute Gasteiger partial charge is 0.481 e. The molecular formula is C15H17NO2. The number of aliphatic carboxylic acids is 1. The number of nitrogens with zero attached hydrogens (tertiary/aromatic N) is 1. The molecule has 2 aromatic rings. The number of benzene rings is 1. The Morgan fingerprint density at radius 1 is 1.33 bits per heavy atom. The van der Waals surface area contributed by atoms with E-state index in [1.54, 1.807) is 0 Å². The van der Waals surface area contributed by atoms with Crippen LogP contribution in [0, 0.1) is 5.92 Å². The zero-order valence-electron chi connectivity index (χ0n) is 10.3. The average Bonchev–Trinajstić information content (AvgIpc) is 3.11. The van der Waals surface area contributed by atoms with Gasteiger partial charge in [0, 0.05) is 23.6 Å². The molecule has 0 atom stereocenters. The molecule has 94 valence electrons. The first-order valence-corrected chi connectivity index (χ1v) is 6.52. The lowest BCUT2D eigenvalue weighted by Gasteiger charge is -2.03. The highest BCUT2D eigenvalue weighted by Crippen LogP contribution is 2.33. The molecule has 1 N–H and O–H groups in total. The monoisotopic (exact) mass is 243 g/mol. The zero-order chi connectivity index (χ0) is 12.5. The Morgan fingerprint density at radius 3 is 2.83 bits per heavy atom. The van der Waals surface area contributed by atoms with Crippen LogP contribution in [0.25, 0.3) is 10.9 Å². The van der Waals surface area contributed by atoms with Crippen molar-refractivity contribution in [2.45, 2.75) is 32.2 Å². The summed E-state index contributed by atoms with van der Waals surface area (Å²) in [6.07, 6.45) is 6.06. The van der Waals surface area contributed by atoms with Crippen molar-refractivity contribution < 1.29 is 9.90 Å². The minimum Gasteiger partial charge on any atom is -0.481 e. The second kappa shape index (κ2) is 4.48. The number of fused-ring (bicyclic) bond motifs is 1. The standard InChI is InChI=1S/C15H17NO2/c17-15(18)9-12-10-16(8-7-11-5-6-11)14-4-2-1-3-13(12)14/h1-4,10-11H,5-9H2,(H,17,18). The van der Waals surface area contributed by atoms with Gasteiger partial charge in [-0.1, -0.05) is 31.0 Å². The molecule has 3 rings (SSSR count). The second-order valence-corrected chi connectivity index (χ2v) is 5.17. The molecule has 0 bridgehead atoms. The molecule has 1 aliphatic carbocycles. The van der Waals surface area contributed by atoms with Crippen LogP contribution in [0.1, 0.15) is 24.8 Å². The maximum absolute atomic E-state index is 10.9. The summed E-state index contributed by atoms with van der Waals surface area (Å²) in [5, 5.41) is 10.0. The Labute approximate surface area is 106 Å². The first-order chi connectivity index (χ1) is 8.74. The third-order valence-corrected chi connectivity index (χ3v) is 3.69. The predicted octanol–water partition coefficient (Wildman–Crippen LogP) is 3.07. The van der Waals surface area contributed by atoms with E-state index in [1.807, 2.05) is 24.4 Å². The van der Waals surface area contributed by atoms with Crippen LogP contribution in [0.4, 0.5) is 0 Å². The molecule has 1 saturated carbocycles. The normalized spacial score (nSPS) is 15.1. The highest BCUT2D eigenvalue weighted by atomic mass is 16.4. The number of hydrogen-bond acceptors (Lipinski definition) is 1. The van der Waals surface area contributed by atoms with Crippen molar-refractivity contribution in [2.75, 3.05) is 0 Å². The van der Waals surface area contributed by atoms with Gasteiger partial charge >= 0.3 is 5.97 Å². The molecule has 3 heteroatoms. The van der Waals surface area contributed by atoms with Gasteiger partial charge in [-0.25, -0.2) is 0 Å². The van der Waals surface area contributed by atoms with Gasteiger partial charge in [-0.15, -0.1) is 0 Å². The topological polar surface area (TPSA) is 42.2 Å². The number of hydrogen-bond donors (Lipinski definition) is 1. The molecule has 0 unspecified atom stereocenters. The minimum absolute atomic E-state index is 0.108. The molecule has 0 saturated heterocycles. The van der Waals surface area contributed by atoms with E-state index in [1.165, 1.54) is 19.3 Å². The summed E-state index contributed by atoms with van der Waals surface area (Å²) in [4.78, 5) is 10.9. The Kier molecular flexibility index (Phi) is 2.82. The van der Waals surface area contributed by atoms with E-state index in [0.29, 0.717) is 0 Å². The fraction of sp³-hybridized carbons (Fsp3) is 0.400. The Hall–Kier alpha value is -1.77. The van der Waals surface area contributed by atoms with E-state index in [9.17, 15) is 4.79 Å². The minimum atomic E-state index is -0.764. The first-order valence-electron chi connectivity index (χ1n) is 6.52. The van der Waals surface area contributed by atoms with Crippen LogP contribution in [0.15, 0.2) is 30.5 Å². The van der Waals surface area contributed by atoms with Gasteiger partial charge < -0.3 is 9.67 Å². The summed E-state index contributed by atoms with van der Waals surface area (Å²) in [7, 11) is 0. The summed E-state index contributed by atoms with van der Waals surface area (Å²) in [6, 6.07) is 8.08. The van der Waals surface area contributed by atoms with Crippen molar-refractivity contribution in [1.29, 1.82) is 0 Å². The van der Waals surface area contributed by atoms with E-state index in [-0.39, 0.29) is 6.42 Å². The van der Waals surface area contributed by atoms with Crippen molar-refractivity contribution in [3.8, 4) is 0 Å². The third kappa shape index (κ3) is 2.26. The van der Waals surface area contributed by atoms with Crippen molar-refractivity contribution in [3.63, 3.8) is 0 Å². The van der Waals surface area contributed by atoms with Crippen LogP contribution >= 0.6 is 0 Å². The summed E-state index contributed by atoms with van der Waals surface area (Å²) >= 11 is 0. The van der Waals surface area contributed by atoms with Crippen molar-refractivity contribution in [2.24, 2.45) is 5.92 Å². The first kappa shape index (κ1) is 11.3. The van der Waals surface area contributed by atoms with Crippen molar-refractivity contribution >= 4 is 16.9 Å². The van der Waals surface area contributed by atoms with Crippen LogP contribution < -0.4 is 0 Å². The van der Waals surface area contributed by atoms with Gasteiger partial charge in [0.1, 0.15) is 0 Å². The fourth-order valence-corrected chi connectivity index (χ4v) is 2.54. The average molecular weight is 243 g/mol. The maximum Gasteiger partial charge on any atom is 0.307 e. The van der Waals surface area contributed by atoms with Crippen LogP contribution in [-0.4, -0.2) is 15.6 Å². The van der Waals surface area contributed by atoms with E-state index < -0.39 is 5.97 Å². The van der Waals surface area contributed by atoms with E-state index >= 15 is 0 Å². The molecule has 3 nitrogen and oxygen atoms in total. The van der Waals surface area contributed by atoms with Gasteiger partial charge in [-0.05, 0) is 24.0 Å². The highest BCUT2D eigenvalue weighted by molar-refractivity contribution is 5.87. The van der Waals surface area contributed by atoms with Crippen molar-refractivity contribution in [1.82, 2.24) is 4.57 Å². The Bertz CT molecular complexity index is 581. The van der Waals surface area contributed by atoms with Gasteiger partial charge in [0.15, 0.2) is 0 Å². The Balaban J connectivity index is 1.93. The summed E-state index contributed by atoms with van der Waals surface area (Å²) in [5.41, 5.74) is 2.09. The summed E-state index contributed by atoms with van der Waals surface area (Å²) < 4.78 is 2.21. The number of carboxylic acids is 1. The van der Waals surface area contributed by atoms with Crippen LogP contribution in [0.5, 0.6) is 0 Å².